The van der Waals surface area contributed by atoms with Gasteiger partial charge in [0.1, 0.15) is 17.6 Å². The Morgan fingerprint density at radius 1 is 1.19 bits per heavy atom. The Labute approximate surface area is 159 Å². The third-order valence-corrected chi connectivity index (χ3v) is 6.17. The van der Waals surface area contributed by atoms with E-state index < -0.39 is 11.8 Å². The summed E-state index contributed by atoms with van der Waals surface area (Å²) in [6.45, 7) is 5.36. The minimum absolute atomic E-state index is 0.145. The summed E-state index contributed by atoms with van der Waals surface area (Å²) in [5.41, 5.74) is 4.13. The molecule has 2 aromatic carbocycles. The fraction of sp³-hybridized carbons (Fsp3) is 0.391. The zero-order chi connectivity index (χ0) is 19.2. The molecule has 0 bridgehead atoms. The number of aliphatic hydroxyl groups excluding tert-OH is 1. The van der Waals surface area contributed by atoms with Gasteiger partial charge in [0.2, 0.25) is 0 Å². The van der Waals surface area contributed by atoms with E-state index in [1.54, 1.807) is 19.1 Å². The van der Waals surface area contributed by atoms with Gasteiger partial charge < -0.3 is 10.2 Å². The van der Waals surface area contributed by atoms with E-state index in [0.717, 1.165) is 36.2 Å². The first-order valence-corrected chi connectivity index (χ1v) is 9.59. The van der Waals surface area contributed by atoms with Crippen LogP contribution in [0.3, 0.4) is 0 Å². The van der Waals surface area contributed by atoms with Crippen LogP contribution in [0, 0.1) is 12.7 Å². The van der Waals surface area contributed by atoms with E-state index in [2.05, 4.69) is 12.1 Å². The molecule has 1 aliphatic heterocycles. The highest BCUT2D eigenvalue weighted by atomic mass is 19.1. The molecular weight excluding hydrogens is 341 g/mol. The molecule has 0 saturated heterocycles. The molecule has 142 valence electrons. The molecular formula is C23H26FNO2. The van der Waals surface area contributed by atoms with Crippen molar-refractivity contribution in [2.45, 2.75) is 44.4 Å². The average molecular weight is 367 g/mol. The summed E-state index contributed by atoms with van der Waals surface area (Å²) in [7, 11) is 0. The van der Waals surface area contributed by atoms with Crippen LogP contribution < -0.4 is 0 Å². The van der Waals surface area contributed by atoms with Crippen LogP contribution in [0.1, 0.15) is 47.9 Å². The van der Waals surface area contributed by atoms with Gasteiger partial charge in [0, 0.05) is 19.0 Å². The molecule has 2 N–H and O–H groups in total. The van der Waals surface area contributed by atoms with E-state index in [1.807, 2.05) is 24.0 Å². The van der Waals surface area contributed by atoms with Crippen molar-refractivity contribution in [2.75, 3.05) is 13.1 Å². The second-order valence-electron chi connectivity index (χ2n) is 7.82. The molecule has 3 nitrogen and oxygen atoms in total. The second-order valence-corrected chi connectivity index (χ2v) is 7.82. The van der Waals surface area contributed by atoms with E-state index >= 15 is 0 Å². The monoisotopic (exact) mass is 367 g/mol. The molecule has 2 aliphatic rings. The summed E-state index contributed by atoms with van der Waals surface area (Å²) >= 11 is 0. The lowest BCUT2D eigenvalue weighted by Crippen LogP contribution is -2.37. The molecule has 4 heteroatoms. The van der Waals surface area contributed by atoms with E-state index in [1.165, 1.54) is 23.3 Å². The van der Waals surface area contributed by atoms with Crippen LogP contribution in [0.15, 0.2) is 54.1 Å². The fourth-order valence-corrected chi connectivity index (χ4v) is 4.73. The second kappa shape index (κ2) is 6.86. The molecule has 3 unspecified atom stereocenters. The summed E-state index contributed by atoms with van der Waals surface area (Å²) in [5.74, 6) is -0.152. The molecule has 0 spiro atoms. The first-order valence-electron chi connectivity index (χ1n) is 9.59. The van der Waals surface area contributed by atoms with Crippen LogP contribution in [-0.2, 0) is 5.60 Å². The van der Waals surface area contributed by atoms with Crippen LogP contribution in [0.2, 0.25) is 0 Å². The molecule has 1 heterocycles. The van der Waals surface area contributed by atoms with E-state index in [9.17, 15) is 14.6 Å². The van der Waals surface area contributed by atoms with Crippen molar-refractivity contribution in [2.24, 2.45) is 0 Å². The molecule has 3 atom stereocenters. The van der Waals surface area contributed by atoms with Gasteiger partial charge in [-0.3, -0.25) is 4.90 Å². The number of hydrogen-bond donors (Lipinski definition) is 2. The number of aliphatic hydroxyl groups is 2. The lowest BCUT2D eigenvalue weighted by atomic mass is 9.84. The highest BCUT2D eigenvalue weighted by Crippen LogP contribution is 2.52. The third-order valence-electron chi connectivity index (χ3n) is 6.17. The van der Waals surface area contributed by atoms with Gasteiger partial charge in [-0.05, 0) is 61.1 Å². The van der Waals surface area contributed by atoms with Gasteiger partial charge in [0.25, 0.3) is 0 Å². The quantitative estimate of drug-likeness (QED) is 0.811. The van der Waals surface area contributed by atoms with E-state index in [-0.39, 0.29) is 11.7 Å². The van der Waals surface area contributed by atoms with Crippen LogP contribution in [0.25, 0.3) is 0 Å². The van der Waals surface area contributed by atoms with Crippen LogP contribution in [0.4, 0.5) is 4.39 Å². The van der Waals surface area contributed by atoms with Crippen molar-refractivity contribution >= 4 is 0 Å². The topological polar surface area (TPSA) is 43.7 Å². The van der Waals surface area contributed by atoms with Gasteiger partial charge in [-0.1, -0.05) is 42.0 Å². The Hall–Kier alpha value is -2.01. The number of fused-ring (bicyclic) bond motifs is 1. The largest absolute Gasteiger partial charge is 0.380 e. The summed E-state index contributed by atoms with van der Waals surface area (Å²) in [5, 5.41) is 21.5. The van der Waals surface area contributed by atoms with Gasteiger partial charge >= 0.3 is 0 Å². The molecule has 4 rings (SSSR count). The Balaban J connectivity index is 1.75. The van der Waals surface area contributed by atoms with Gasteiger partial charge in [0.05, 0.1) is 0 Å². The van der Waals surface area contributed by atoms with Gasteiger partial charge in [-0.2, -0.15) is 0 Å². The molecule has 0 amide bonds. The normalized spacial score (nSPS) is 26.6. The lowest BCUT2D eigenvalue weighted by molar-refractivity contribution is 0.0239. The first-order chi connectivity index (χ1) is 12.9. The Bertz CT molecular complexity index is 874. The molecule has 0 radical (unpaired) electrons. The number of nitrogens with zero attached hydrogens (tertiary/aromatic N) is 1. The smallest absolute Gasteiger partial charge is 0.123 e. The van der Waals surface area contributed by atoms with E-state index in [0.29, 0.717) is 6.42 Å². The van der Waals surface area contributed by atoms with Crippen molar-refractivity contribution < 1.29 is 14.6 Å². The Morgan fingerprint density at radius 2 is 1.93 bits per heavy atom. The van der Waals surface area contributed by atoms with E-state index in [4.69, 9.17) is 0 Å². The zero-order valence-electron chi connectivity index (χ0n) is 15.8. The Morgan fingerprint density at radius 3 is 2.56 bits per heavy atom. The number of benzene rings is 2. The Kier molecular flexibility index (Phi) is 4.66. The predicted octanol–water partition coefficient (Wildman–Crippen LogP) is 3.83. The summed E-state index contributed by atoms with van der Waals surface area (Å²) < 4.78 is 13.4. The van der Waals surface area contributed by atoms with Crippen LogP contribution in [-0.4, -0.2) is 34.4 Å². The number of halogens is 1. The van der Waals surface area contributed by atoms with Crippen molar-refractivity contribution in [3.05, 3.63) is 82.2 Å². The molecule has 0 aromatic heterocycles. The van der Waals surface area contributed by atoms with Crippen molar-refractivity contribution in [1.29, 1.82) is 0 Å². The SMILES string of the molecule is Cc1cccc2c1C(O)(c1ccc(F)cc1)CC2C1=CCN(C(C)O)CC1. The molecule has 0 saturated carbocycles. The van der Waals surface area contributed by atoms with Gasteiger partial charge in [-0.25, -0.2) is 4.39 Å². The molecule has 2 aromatic rings. The van der Waals surface area contributed by atoms with Gasteiger partial charge in [-0.15, -0.1) is 0 Å². The predicted molar refractivity (Wildman–Crippen MR) is 104 cm³/mol. The fourth-order valence-electron chi connectivity index (χ4n) is 4.73. The highest BCUT2D eigenvalue weighted by molar-refractivity contribution is 5.54. The third kappa shape index (κ3) is 3.12. The maximum absolute atomic E-state index is 13.4. The van der Waals surface area contributed by atoms with Crippen LogP contribution in [0.5, 0.6) is 0 Å². The highest BCUT2D eigenvalue weighted by Gasteiger charge is 2.45. The van der Waals surface area contributed by atoms with Crippen molar-refractivity contribution in [3.8, 4) is 0 Å². The van der Waals surface area contributed by atoms with Crippen molar-refractivity contribution in [1.82, 2.24) is 4.90 Å². The molecule has 1 aliphatic carbocycles. The lowest BCUT2D eigenvalue weighted by Gasteiger charge is -2.31. The minimum atomic E-state index is -1.11. The number of rotatable bonds is 3. The average Bonchev–Trinajstić information content (AvgIpc) is 2.97. The zero-order valence-corrected chi connectivity index (χ0v) is 15.8. The molecule has 27 heavy (non-hydrogen) atoms. The maximum atomic E-state index is 13.4. The summed E-state index contributed by atoms with van der Waals surface area (Å²) in [4.78, 5) is 2.03. The maximum Gasteiger partial charge on any atom is 0.123 e. The molecule has 0 fully saturated rings. The summed E-state index contributed by atoms with van der Waals surface area (Å²) in [6.07, 6.45) is 3.20. The minimum Gasteiger partial charge on any atom is -0.380 e. The standard InChI is InChI=1S/C23H26FNO2/c1-15-4-3-5-20-21(17-10-12-25(13-11-17)16(2)26)14-23(27,22(15)20)18-6-8-19(24)9-7-18/h3-10,16,21,26-27H,11-14H2,1-2H3. The number of aryl methyl sites for hydroxylation is 1. The van der Waals surface area contributed by atoms with Gasteiger partial charge in [0.15, 0.2) is 0 Å². The first kappa shape index (κ1) is 18.4. The van der Waals surface area contributed by atoms with Crippen LogP contribution >= 0.6 is 0 Å². The summed E-state index contributed by atoms with van der Waals surface area (Å²) in [6, 6.07) is 12.4. The number of hydrogen-bond acceptors (Lipinski definition) is 3. The van der Waals surface area contributed by atoms with Crippen molar-refractivity contribution in [3.63, 3.8) is 0 Å².